The Bertz CT molecular complexity index is 69.0. The molecular formula is C8H17Br. The van der Waals surface area contributed by atoms with Gasteiger partial charge in [-0.25, -0.2) is 0 Å². The predicted octanol–water partition coefficient (Wildman–Crippen LogP) is 3.45. The molecule has 9 heavy (non-hydrogen) atoms. The van der Waals surface area contributed by atoms with Crippen LogP contribution in [0.4, 0.5) is 0 Å². The highest BCUT2D eigenvalue weighted by atomic mass is 79.9. The first-order valence-electron chi connectivity index (χ1n) is 3.73. The molecule has 0 N–H and O–H groups in total. The summed E-state index contributed by atoms with van der Waals surface area (Å²) in [6.45, 7) is 9.07. The lowest BCUT2D eigenvalue weighted by Gasteiger charge is -2.20. The molecule has 0 aliphatic carbocycles. The summed E-state index contributed by atoms with van der Waals surface area (Å²) in [6.07, 6.45) is 1.29. The molecule has 0 amide bonds. The van der Waals surface area contributed by atoms with Crippen LogP contribution in [-0.4, -0.2) is 4.83 Å². The van der Waals surface area contributed by atoms with E-state index in [2.05, 4.69) is 43.6 Å². The van der Waals surface area contributed by atoms with Crippen LogP contribution in [0.25, 0.3) is 0 Å². The predicted molar refractivity (Wildman–Crippen MR) is 47.0 cm³/mol. The summed E-state index contributed by atoms with van der Waals surface area (Å²) in [7, 11) is 0. The van der Waals surface area contributed by atoms with Crippen molar-refractivity contribution in [2.75, 3.05) is 0 Å². The third-order valence-corrected chi connectivity index (χ3v) is 3.10. The molecule has 0 saturated carbocycles. The lowest BCUT2D eigenvalue weighted by Crippen LogP contribution is -2.14. The van der Waals surface area contributed by atoms with Crippen LogP contribution >= 0.6 is 15.9 Å². The van der Waals surface area contributed by atoms with Crippen molar-refractivity contribution in [2.24, 2.45) is 11.8 Å². The van der Waals surface area contributed by atoms with E-state index < -0.39 is 0 Å². The Hall–Kier alpha value is 0.480. The molecule has 0 heterocycles. The second-order valence-electron chi connectivity index (χ2n) is 2.92. The maximum atomic E-state index is 3.58. The summed E-state index contributed by atoms with van der Waals surface area (Å²) >= 11 is 3.58. The average molecular weight is 193 g/mol. The minimum atomic E-state index is 0.660. The maximum Gasteiger partial charge on any atom is 0.0145 e. The molecule has 0 rings (SSSR count). The summed E-state index contributed by atoms with van der Waals surface area (Å²) in [4.78, 5) is 0.660. The molecule has 3 atom stereocenters. The van der Waals surface area contributed by atoms with Gasteiger partial charge >= 0.3 is 0 Å². The molecule has 0 aromatic heterocycles. The average Bonchev–Trinajstić information content (AvgIpc) is 1.84. The van der Waals surface area contributed by atoms with Gasteiger partial charge < -0.3 is 0 Å². The summed E-state index contributed by atoms with van der Waals surface area (Å²) in [5.74, 6) is 1.65. The molecule has 3 unspecified atom stereocenters. The number of halogens is 1. The topological polar surface area (TPSA) is 0 Å². The van der Waals surface area contributed by atoms with Crippen molar-refractivity contribution in [1.29, 1.82) is 0 Å². The third kappa shape index (κ3) is 3.24. The Balaban J connectivity index is 3.58. The van der Waals surface area contributed by atoms with Gasteiger partial charge in [0.15, 0.2) is 0 Å². The summed E-state index contributed by atoms with van der Waals surface area (Å²) in [5.41, 5.74) is 0. The number of hydrogen-bond acceptors (Lipinski definition) is 0. The fourth-order valence-electron chi connectivity index (χ4n) is 0.824. The van der Waals surface area contributed by atoms with Gasteiger partial charge in [-0.1, -0.05) is 50.0 Å². The molecule has 0 aromatic carbocycles. The zero-order valence-corrected chi connectivity index (χ0v) is 8.40. The zero-order chi connectivity index (χ0) is 7.44. The van der Waals surface area contributed by atoms with Crippen LogP contribution in [0.15, 0.2) is 0 Å². The van der Waals surface area contributed by atoms with Gasteiger partial charge in [0.05, 0.1) is 0 Å². The highest BCUT2D eigenvalue weighted by Crippen LogP contribution is 2.22. The Morgan fingerprint density at radius 3 is 1.78 bits per heavy atom. The highest BCUT2D eigenvalue weighted by Gasteiger charge is 2.14. The van der Waals surface area contributed by atoms with Gasteiger partial charge in [-0.2, -0.15) is 0 Å². The lowest BCUT2D eigenvalue weighted by molar-refractivity contribution is 0.378. The zero-order valence-electron chi connectivity index (χ0n) is 6.82. The quantitative estimate of drug-likeness (QED) is 0.602. The van der Waals surface area contributed by atoms with Crippen molar-refractivity contribution in [3.05, 3.63) is 0 Å². The molecule has 0 nitrogen and oxygen atoms in total. The minimum absolute atomic E-state index is 0.660. The highest BCUT2D eigenvalue weighted by molar-refractivity contribution is 9.09. The van der Waals surface area contributed by atoms with Crippen molar-refractivity contribution >= 4 is 15.9 Å². The van der Waals surface area contributed by atoms with Gasteiger partial charge in [0, 0.05) is 4.83 Å². The molecule has 0 aliphatic rings. The number of rotatable bonds is 3. The normalized spacial score (nSPS) is 21.0. The largest absolute Gasteiger partial charge is 0.0891 e. The van der Waals surface area contributed by atoms with E-state index in [1.54, 1.807) is 0 Å². The van der Waals surface area contributed by atoms with Gasteiger partial charge in [0.1, 0.15) is 0 Å². The standard InChI is InChI=1S/C8H17Br/c1-5-6(2)7(3)8(4)9/h6-8H,5H2,1-4H3. The fourth-order valence-corrected chi connectivity index (χ4v) is 1.35. The summed E-state index contributed by atoms with van der Waals surface area (Å²) in [5, 5.41) is 0. The minimum Gasteiger partial charge on any atom is -0.0891 e. The maximum absolute atomic E-state index is 3.58. The first-order chi connectivity index (χ1) is 4.09. The van der Waals surface area contributed by atoms with Crippen LogP contribution in [0, 0.1) is 11.8 Å². The summed E-state index contributed by atoms with van der Waals surface area (Å²) in [6, 6.07) is 0. The van der Waals surface area contributed by atoms with Crippen molar-refractivity contribution in [3.63, 3.8) is 0 Å². The van der Waals surface area contributed by atoms with Crippen molar-refractivity contribution in [1.82, 2.24) is 0 Å². The smallest absolute Gasteiger partial charge is 0.0145 e. The van der Waals surface area contributed by atoms with E-state index in [1.807, 2.05) is 0 Å². The van der Waals surface area contributed by atoms with E-state index in [1.165, 1.54) is 6.42 Å². The molecule has 0 saturated heterocycles. The van der Waals surface area contributed by atoms with Gasteiger partial charge in [0.25, 0.3) is 0 Å². The van der Waals surface area contributed by atoms with E-state index in [9.17, 15) is 0 Å². The van der Waals surface area contributed by atoms with Gasteiger partial charge in [-0.05, 0) is 11.8 Å². The number of alkyl halides is 1. The fraction of sp³-hybridized carbons (Fsp3) is 1.00. The molecular weight excluding hydrogens is 176 g/mol. The van der Waals surface area contributed by atoms with Crippen molar-refractivity contribution in [2.45, 2.75) is 38.9 Å². The SMILES string of the molecule is CCC(C)C(C)C(C)Br. The van der Waals surface area contributed by atoms with E-state index in [-0.39, 0.29) is 0 Å². The van der Waals surface area contributed by atoms with E-state index in [4.69, 9.17) is 0 Å². The van der Waals surface area contributed by atoms with Crippen LogP contribution in [0.3, 0.4) is 0 Å². The molecule has 0 aromatic rings. The second kappa shape index (κ2) is 4.32. The molecule has 0 fully saturated rings. The van der Waals surface area contributed by atoms with Gasteiger partial charge in [-0.3, -0.25) is 0 Å². The Labute approximate surface area is 67.2 Å². The van der Waals surface area contributed by atoms with Crippen LogP contribution < -0.4 is 0 Å². The Kier molecular flexibility index (Phi) is 4.55. The molecule has 0 radical (unpaired) electrons. The second-order valence-corrected chi connectivity index (χ2v) is 4.37. The lowest BCUT2D eigenvalue weighted by atomic mass is 9.92. The molecule has 1 heteroatoms. The van der Waals surface area contributed by atoms with Gasteiger partial charge in [-0.15, -0.1) is 0 Å². The first kappa shape index (κ1) is 9.48. The van der Waals surface area contributed by atoms with E-state index in [0.717, 1.165) is 11.8 Å². The van der Waals surface area contributed by atoms with Gasteiger partial charge in [0.2, 0.25) is 0 Å². The third-order valence-electron chi connectivity index (χ3n) is 2.27. The molecule has 0 spiro atoms. The molecule has 0 aliphatic heterocycles. The van der Waals surface area contributed by atoms with Crippen LogP contribution in [0.1, 0.15) is 34.1 Å². The van der Waals surface area contributed by atoms with Crippen LogP contribution in [-0.2, 0) is 0 Å². The van der Waals surface area contributed by atoms with E-state index >= 15 is 0 Å². The molecule has 0 bridgehead atoms. The van der Waals surface area contributed by atoms with Crippen LogP contribution in [0.2, 0.25) is 0 Å². The van der Waals surface area contributed by atoms with E-state index in [0.29, 0.717) is 4.83 Å². The first-order valence-corrected chi connectivity index (χ1v) is 4.65. The van der Waals surface area contributed by atoms with Crippen LogP contribution in [0.5, 0.6) is 0 Å². The Morgan fingerprint density at radius 2 is 1.67 bits per heavy atom. The monoisotopic (exact) mass is 192 g/mol. The van der Waals surface area contributed by atoms with Crippen molar-refractivity contribution in [3.8, 4) is 0 Å². The Morgan fingerprint density at radius 1 is 1.22 bits per heavy atom. The summed E-state index contributed by atoms with van der Waals surface area (Å²) < 4.78 is 0. The molecule has 56 valence electrons. The number of hydrogen-bond donors (Lipinski definition) is 0. The van der Waals surface area contributed by atoms with Crippen molar-refractivity contribution < 1.29 is 0 Å².